The number of hydrogen-bond donors (Lipinski definition) is 2. The second-order valence-electron chi connectivity index (χ2n) is 4.88. The van der Waals surface area contributed by atoms with Crippen molar-refractivity contribution < 1.29 is 9.32 Å². The first-order valence-corrected chi connectivity index (χ1v) is 7.09. The highest BCUT2D eigenvalue weighted by molar-refractivity contribution is 5.97. The van der Waals surface area contributed by atoms with Gasteiger partial charge in [0.1, 0.15) is 17.9 Å². The number of aromatic nitrogens is 8. The summed E-state index contributed by atoms with van der Waals surface area (Å²) in [6.45, 7) is 3.79. The van der Waals surface area contributed by atoms with Crippen molar-refractivity contribution in [2.24, 2.45) is 0 Å². The summed E-state index contributed by atoms with van der Waals surface area (Å²) in [7, 11) is 0. The molecule has 3 aromatic heterocycles. The number of rotatable bonds is 6. The highest BCUT2D eigenvalue weighted by Crippen LogP contribution is 2.14. The molecular weight excluding hydrogens is 302 g/mol. The summed E-state index contributed by atoms with van der Waals surface area (Å²) in [5.74, 6) is 0.999. The van der Waals surface area contributed by atoms with Crippen LogP contribution in [0.1, 0.15) is 48.4 Å². The van der Waals surface area contributed by atoms with Crippen LogP contribution >= 0.6 is 0 Å². The molecule has 0 aliphatic carbocycles. The van der Waals surface area contributed by atoms with Crippen LogP contribution in [0.3, 0.4) is 0 Å². The molecule has 2 N–H and O–H groups in total. The Kier molecular flexibility index (Phi) is 4.08. The SMILES string of the molecule is CCCc1noc([C@@H](C)NC(=O)c2cn[nH]c2-n2cnnn2)n1. The van der Waals surface area contributed by atoms with Crippen LogP contribution in [0, 0.1) is 0 Å². The van der Waals surface area contributed by atoms with Crippen LogP contribution in [0.15, 0.2) is 17.0 Å². The van der Waals surface area contributed by atoms with Gasteiger partial charge in [-0.25, -0.2) is 0 Å². The van der Waals surface area contributed by atoms with Gasteiger partial charge in [-0.05, 0) is 23.8 Å². The average molecular weight is 317 g/mol. The number of carbonyl (C=O) groups is 1. The Morgan fingerprint density at radius 3 is 3.13 bits per heavy atom. The monoisotopic (exact) mass is 317 g/mol. The molecule has 23 heavy (non-hydrogen) atoms. The minimum Gasteiger partial charge on any atom is -0.340 e. The number of amides is 1. The van der Waals surface area contributed by atoms with Crippen molar-refractivity contribution in [1.29, 1.82) is 0 Å². The third-order valence-corrected chi connectivity index (χ3v) is 3.12. The average Bonchev–Trinajstić information content (AvgIpc) is 3.27. The second-order valence-corrected chi connectivity index (χ2v) is 4.88. The lowest BCUT2D eigenvalue weighted by molar-refractivity contribution is 0.0932. The van der Waals surface area contributed by atoms with Crippen molar-refractivity contribution in [3.05, 3.63) is 29.8 Å². The lowest BCUT2D eigenvalue weighted by Crippen LogP contribution is -2.27. The molecule has 0 saturated heterocycles. The molecule has 3 rings (SSSR count). The fourth-order valence-corrected chi connectivity index (χ4v) is 1.99. The summed E-state index contributed by atoms with van der Waals surface area (Å²) in [4.78, 5) is 16.6. The van der Waals surface area contributed by atoms with Crippen LogP contribution in [0.5, 0.6) is 0 Å². The highest BCUT2D eigenvalue weighted by Gasteiger charge is 2.21. The van der Waals surface area contributed by atoms with Crippen molar-refractivity contribution in [3.8, 4) is 5.82 Å². The number of H-pyrrole nitrogens is 1. The normalized spacial score (nSPS) is 12.3. The predicted molar refractivity (Wildman–Crippen MR) is 75.5 cm³/mol. The van der Waals surface area contributed by atoms with E-state index in [4.69, 9.17) is 4.52 Å². The summed E-state index contributed by atoms with van der Waals surface area (Å²) in [6.07, 6.45) is 4.41. The van der Waals surface area contributed by atoms with Crippen LogP contribution < -0.4 is 5.32 Å². The van der Waals surface area contributed by atoms with Gasteiger partial charge in [0.15, 0.2) is 11.6 Å². The van der Waals surface area contributed by atoms with Crippen molar-refractivity contribution in [1.82, 2.24) is 45.9 Å². The van der Waals surface area contributed by atoms with E-state index in [-0.39, 0.29) is 5.91 Å². The molecule has 3 aromatic rings. The Bertz CT molecular complexity index is 776. The lowest BCUT2D eigenvalue weighted by atomic mass is 10.2. The summed E-state index contributed by atoms with van der Waals surface area (Å²) in [5.41, 5.74) is 0.303. The molecule has 0 radical (unpaired) electrons. The van der Waals surface area contributed by atoms with Gasteiger partial charge in [-0.1, -0.05) is 12.1 Å². The van der Waals surface area contributed by atoms with Gasteiger partial charge in [-0.15, -0.1) is 5.10 Å². The van der Waals surface area contributed by atoms with E-state index in [2.05, 4.69) is 41.2 Å². The number of nitrogens with one attached hydrogen (secondary N) is 2. The van der Waals surface area contributed by atoms with Crippen LogP contribution in [0.2, 0.25) is 0 Å². The zero-order valence-electron chi connectivity index (χ0n) is 12.6. The van der Waals surface area contributed by atoms with E-state index in [0.717, 1.165) is 12.8 Å². The Hall–Kier alpha value is -3.11. The van der Waals surface area contributed by atoms with Gasteiger partial charge in [0, 0.05) is 6.42 Å². The molecule has 0 unspecified atom stereocenters. The fourth-order valence-electron chi connectivity index (χ4n) is 1.99. The van der Waals surface area contributed by atoms with Crippen LogP contribution in [-0.2, 0) is 6.42 Å². The number of aromatic amines is 1. The molecule has 0 saturated carbocycles. The number of carbonyl (C=O) groups excluding carboxylic acids is 1. The third-order valence-electron chi connectivity index (χ3n) is 3.12. The van der Waals surface area contributed by atoms with Crippen molar-refractivity contribution in [2.75, 3.05) is 0 Å². The second kappa shape index (κ2) is 6.34. The van der Waals surface area contributed by atoms with E-state index in [9.17, 15) is 4.79 Å². The molecule has 1 atom stereocenters. The smallest absolute Gasteiger partial charge is 0.257 e. The minimum atomic E-state index is -0.433. The first-order chi connectivity index (χ1) is 11.2. The fraction of sp³-hybridized carbons (Fsp3) is 0.417. The van der Waals surface area contributed by atoms with Gasteiger partial charge in [-0.3, -0.25) is 9.89 Å². The first kappa shape index (κ1) is 14.8. The van der Waals surface area contributed by atoms with Gasteiger partial charge in [0.25, 0.3) is 5.91 Å². The molecule has 120 valence electrons. The van der Waals surface area contributed by atoms with Crippen LogP contribution in [0.25, 0.3) is 5.82 Å². The largest absolute Gasteiger partial charge is 0.340 e. The maximum atomic E-state index is 12.4. The number of nitrogens with zero attached hydrogens (tertiary/aromatic N) is 7. The molecular formula is C12H15N9O2. The minimum absolute atomic E-state index is 0.303. The lowest BCUT2D eigenvalue weighted by Gasteiger charge is -2.09. The predicted octanol–water partition coefficient (Wildman–Crippen LogP) is 0.212. The molecule has 0 aliphatic heterocycles. The molecule has 1 amide bonds. The van der Waals surface area contributed by atoms with E-state index in [1.807, 2.05) is 6.92 Å². The van der Waals surface area contributed by atoms with Gasteiger partial charge >= 0.3 is 0 Å². The topological polar surface area (TPSA) is 140 Å². The zero-order valence-corrected chi connectivity index (χ0v) is 12.6. The van der Waals surface area contributed by atoms with Gasteiger partial charge < -0.3 is 9.84 Å². The van der Waals surface area contributed by atoms with E-state index in [0.29, 0.717) is 23.1 Å². The molecule has 0 aromatic carbocycles. The van der Waals surface area contributed by atoms with Gasteiger partial charge in [-0.2, -0.15) is 14.8 Å². The molecule has 0 bridgehead atoms. The summed E-state index contributed by atoms with van der Waals surface area (Å²) >= 11 is 0. The molecule has 0 spiro atoms. The van der Waals surface area contributed by atoms with Crippen LogP contribution in [-0.4, -0.2) is 46.5 Å². The Morgan fingerprint density at radius 1 is 1.52 bits per heavy atom. The van der Waals surface area contributed by atoms with Gasteiger partial charge in [0.2, 0.25) is 5.89 Å². The molecule has 0 fully saturated rings. The number of aryl methyl sites for hydroxylation is 1. The van der Waals surface area contributed by atoms with Crippen LogP contribution in [0.4, 0.5) is 0 Å². The Labute approximate surface area is 130 Å². The quantitative estimate of drug-likeness (QED) is 0.657. The van der Waals surface area contributed by atoms with Crippen molar-refractivity contribution in [2.45, 2.75) is 32.7 Å². The number of tetrazole rings is 1. The van der Waals surface area contributed by atoms with E-state index in [1.54, 1.807) is 6.92 Å². The van der Waals surface area contributed by atoms with Crippen molar-refractivity contribution >= 4 is 5.91 Å². The Balaban J connectivity index is 1.73. The first-order valence-electron chi connectivity index (χ1n) is 7.09. The molecule has 11 nitrogen and oxygen atoms in total. The number of hydrogen-bond acceptors (Lipinski definition) is 8. The Morgan fingerprint density at radius 2 is 2.39 bits per heavy atom. The zero-order chi connectivity index (χ0) is 16.2. The van der Waals surface area contributed by atoms with Crippen molar-refractivity contribution in [3.63, 3.8) is 0 Å². The highest BCUT2D eigenvalue weighted by atomic mass is 16.5. The summed E-state index contributed by atoms with van der Waals surface area (Å²) in [6, 6.07) is -0.433. The van der Waals surface area contributed by atoms with E-state index >= 15 is 0 Å². The summed E-state index contributed by atoms with van der Waals surface area (Å²) in [5, 5.41) is 24.0. The molecule has 0 aliphatic rings. The third kappa shape index (κ3) is 3.07. The van der Waals surface area contributed by atoms with E-state index in [1.165, 1.54) is 17.2 Å². The summed E-state index contributed by atoms with van der Waals surface area (Å²) < 4.78 is 6.48. The molecule has 3 heterocycles. The maximum absolute atomic E-state index is 12.4. The molecule has 11 heteroatoms. The van der Waals surface area contributed by atoms with Gasteiger partial charge in [0.05, 0.1) is 6.20 Å². The maximum Gasteiger partial charge on any atom is 0.257 e. The standard InChI is InChI=1S/C12H15N9O2/c1-3-4-9-16-12(23-18-9)7(2)15-11(22)8-5-13-17-10(8)21-6-14-19-20-21/h5-7H,3-4H2,1-2H3,(H,13,17)(H,15,22)/t7-/m1/s1. The van der Waals surface area contributed by atoms with E-state index < -0.39 is 6.04 Å².